The Morgan fingerprint density at radius 3 is 3.08 bits per heavy atom. The molecule has 0 saturated carbocycles. The minimum absolute atomic E-state index is 0.499. The Morgan fingerprint density at radius 1 is 1.58 bits per heavy atom. The molecule has 2 rings (SSSR count). The number of halogens is 1. The molecule has 0 amide bonds. The van der Waals surface area contributed by atoms with Gasteiger partial charge in [0.25, 0.3) is 0 Å². The fourth-order valence-electron chi connectivity index (χ4n) is 1.13. The van der Waals surface area contributed by atoms with Crippen LogP contribution in [0.25, 0.3) is 5.52 Å². The number of nitrogen functional groups attached to an aromatic ring is 1. The average molecular weight is 227 g/mol. The molecule has 2 aromatic rings. The van der Waals surface area contributed by atoms with E-state index in [0.29, 0.717) is 11.6 Å². The van der Waals surface area contributed by atoms with Gasteiger partial charge in [0.05, 0.1) is 0 Å². The zero-order valence-electron chi connectivity index (χ0n) is 6.45. The molecular weight excluding hydrogens is 220 g/mol. The SMILES string of the molecule is Cc1nc(N)c2c(Br)ccn2n1. The van der Waals surface area contributed by atoms with E-state index >= 15 is 0 Å². The molecule has 0 spiro atoms. The summed E-state index contributed by atoms with van der Waals surface area (Å²) in [5, 5.41) is 4.15. The maximum Gasteiger partial charge on any atom is 0.152 e. The Hall–Kier alpha value is -1.10. The molecule has 0 bridgehead atoms. The number of hydrogen-bond acceptors (Lipinski definition) is 3. The third-order valence-electron chi connectivity index (χ3n) is 1.59. The lowest BCUT2D eigenvalue weighted by Gasteiger charge is -1.99. The van der Waals surface area contributed by atoms with Gasteiger partial charge in [-0.2, -0.15) is 5.10 Å². The summed E-state index contributed by atoms with van der Waals surface area (Å²) in [6.07, 6.45) is 1.84. The van der Waals surface area contributed by atoms with E-state index in [-0.39, 0.29) is 0 Å². The molecule has 0 aliphatic carbocycles. The summed E-state index contributed by atoms with van der Waals surface area (Å²) in [6, 6.07) is 1.89. The number of anilines is 1. The summed E-state index contributed by atoms with van der Waals surface area (Å²) in [5.74, 6) is 1.17. The lowest BCUT2D eigenvalue weighted by atomic mass is 10.5. The summed E-state index contributed by atoms with van der Waals surface area (Å²) in [7, 11) is 0. The minimum atomic E-state index is 0.499. The second-order valence-electron chi connectivity index (χ2n) is 2.50. The van der Waals surface area contributed by atoms with Crippen LogP contribution in [0.2, 0.25) is 0 Å². The second kappa shape index (κ2) is 2.45. The number of aromatic nitrogens is 3. The molecule has 0 saturated heterocycles. The van der Waals surface area contributed by atoms with Gasteiger partial charge in [0.2, 0.25) is 0 Å². The van der Waals surface area contributed by atoms with Crippen molar-refractivity contribution in [2.24, 2.45) is 0 Å². The van der Waals surface area contributed by atoms with Crippen molar-refractivity contribution in [1.82, 2.24) is 14.6 Å². The predicted octanol–water partition coefficient (Wildman–Crippen LogP) is 1.38. The molecular formula is C7H7BrN4. The summed E-state index contributed by atoms with van der Waals surface area (Å²) in [5.41, 5.74) is 6.52. The standard InChI is InChI=1S/C7H7BrN4/c1-4-10-7(9)6-5(8)2-3-12(6)11-4/h2-3H,1H3,(H2,9,10,11). The minimum Gasteiger partial charge on any atom is -0.382 e. The molecule has 0 atom stereocenters. The molecule has 0 aliphatic heterocycles. The van der Waals surface area contributed by atoms with E-state index in [4.69, 9.17) is 5.73 Å². The fourth-order valence-corrected chi connectivity index (χ4v) is 1.63. The first kappa shape index (κ1) is 7.54. The molecule has 0 unspecified atom stereocenters. The van der Waals surface area contributed by atoms with Crippen LogP contribution < -0.4 is 5.73 Å². The largest absolute Gasteiger partial charge is 0.382 e. The highest BCUT2D eigenvalue weighted by molar-refractivity contribution is 9.10. The fraction of sp³-hybridized carbons (Fsp3) is 0.143. The first-order chi connectivity index (χ1) is 5.68. The smallest absolute Gasteiger partial charge is 0.152 e. The summed E-state index contributed by atoms with van der Waals surface area (Å²) in [4.78, 5) is 4.05. The number of hydrogen-bond donors (Lipinski definition) is 1. The van der Waals surface area contributed by atoms with E-state index in [1.54, 1.807) is 4.52 Å². The lowest BCUT2D eigenvalue weighted by Crippen LogP contribution is -2.02. The van der Waals surface area contributed by atoms with Gasteiger partial charge in [0.15, 0.2) is 5.82 Å². The molecule has 0 fully saturated rings. The van der Waals surface area contributed by atoms with Crippen LogP contribution in [0.5, 0.6) is 0 Å². The van der Waals surface area contributed by atoms with Crippen molar-refractivity contribution in [3.05, 3.63) is 22.6 Å². The first-order valence-corrected chi connectivity index (χ1v) is 4.25. The molecule has 2 N–H and O–H groups in total. The van der Waals surface area contributed by atoms with Crippen molar-refractivity contribution in [2.45, 2.75) is 6.92 Å². The van der Waals surface area contributed by atoms with Crippen LogP contribution in [-0.4, -0.2) is 14.6 Å². The normalized spacial score (nSPS) is 10.8. The molecule has 12 heavy (non-hydrogen) atoms. The number of aryl methyl sites for hydroxylation is 1. The Balaban J connectivity index is 2.93. The molecule has 2 aromatic heterocycles. The highest BCUT2D eigenvalue weighted by atomic mass is 79.9. The van der Waals surface area contributed by atoms with Crippen molar-refractivity contribution >= 4 is 27.3 Å². The summed E-state index contributed by atoms with van der Waals surface area (Å²) in [6.45, 7) is 1.81. The van der Waals surface area contributed by atoms with Gasteiger partial charge >= 0.3 is 0 Å². The van der Waals surface area contributed by atoms with Gasteiger partial charge in [-0.15, -0.1) is 0 Å². The highest BCUT2D eigenvalue weighted by Gasteiger charge is 2.05. The Bertz CT molecular complexity index is 434. The van der Waals surface area contributed by atoms with Crippen LogP contribution in [0.4, 0.5) is 5.82 Å². The van der Waals surface area contributed by atoms with Crippen LogP contribution >= 0.6 is 15.9 Å². The molecule has 0 aliphatic rings. The Labute approximate surface area is 77.5 Å². The van der Waals surface area contributed by atoms with Gasteiger partial charge in [-0.3, -0.25) is 0 Å². The molecule has 2 heterocycles. The maximum atomic E-state index is 5.70. The van der Waals surface area contributed by atoms with Crippen molar-refractivity contribution in [2.75, 3.05) is 5.73 Å². The van der Waals surface area contributed by atoms with Crippen LogP contribution in [0.1, 0.15) is 5.82 Å². The van der Waals surface area contributed by atoms with Gasteiger partial charge < -0.3 is 5.73 Å². The van der Waals surface area contributed by atoms with Crippen LogP contribution in [0, 0.1) is 6.92 Å². The first-order valence-electron chi connectivity index (χ1n) is 3.45. The van der Waals surface area contributed by atoms with E-state index in [2.05, 4.69) is 26.0 Å². The third kappa shape index (κ3) is 0.972. The molecule has 0 radical (unpaired) electrons. The monoisotopic (exact) mass is 226 g/mol. The van der Waals surface area contributed by atoms with Crippen LogP contribution in [0.15, 0.2) is 16.7 Å². The molecule has 4 nitrogen and oxygen atoms in total. The third-order valence-corrected chi connectivity index (χ3v) is 2.23. The highest BCUT2D eigenvalue weighted by Crippen LogP contribution is 2.22. The van der Waals surface area contributed by atoms with Crippen molar-refractivity contribution < 1.29 is 0 Å². The van der Waals surface area contributed by atoms with E-state index in [0.717, 1.165) is 9.99 Å². The van der Waals surface area contributed by atoms with E-state index in [1.807, 2.05) is 19.2 Å². The number of nitrogens with zero attached hydrogens (tertiary/aromatic N) is 3. The zero-order chi connectivity index (χ0) is 8.72. The van der Waals surface area contributed by atoms with Crippen LogP contribution in [0.3, 0.4) is 0 Å². The topological polar surface area (TPSA) is 56.2 Å². The number of rotatable bonds is 0. The molecule has 0 aromatic carbocycles. The van der Waals surface area contributed by atoms with E-state index in [9.17, 15) is 0 Å². The van der Waals surface area contributed by atoms with Gasteiger partial charge in [-0.1, -0.05) is 0 Å². The Kier molecular flexibility index (Phi) is 1.54. The molecule has 5 heteroatoms. The van der Waals surface area contributed by atoms with Gasteiger partial charge in [0, 0.05) is 10.7 Å². The van der Waals surface area contributed by atoms with Gasteiger partial charge in [-0.25, -0.2) is 9.50 Å². The molecule has 62 valence electrons. The maximum absolute atomic E-state index is 5.70. The van der Waals surface area contributed by atoms with E-state index < -0.39 is 0 Å². The zero-order valence-corrected chi connectivity index (χ0v) is 8.04. The quantitative estimate of drug-likeness (QED) is 0.739. The average Bonchev–Trinajstić information content (AvgIpc) is 2.31. The van der Waals surface area contributed by atoms with Crippen molar-refractivity contribution in [1.29, 1.82) is 0 Å². The van der Waals surface area contributed by atoms with Gasteiger partial charge in [-0.05, 0) is 28.9 Å². The van der Waals surface area contributed by atoms with Crippen molar-refractivity contribution in [3.8, 4) is 0 Å². The summed E-state index contributed by atoms with van der Waals surface area (Å²) < 4.78 is 2.63. The number of nitrogens with two attached hydrogens (primary N) is 1. The lowest BCUT2D eigenvalue weighted by molar-refractivity contribution is 0.861. The van der Waals surface area contributed by atoms with Crippen molar-refractivity contribution in [3.63, 3.8) is 0 Å². The van der Waals surface area contributed by atoms with Gasteiger partial charge in [0.1, 0.15) is 11.3 Å². The van der Waals surface area contributed by atoms with E-state index in [1.165, 1.54) is 0 Å². The number of fused-ring (bicyclic) bond motifs is 1. The second-order valence-corrected chi connectivity index (χ2v) is 3.36. The Morgan fingerprint density at radius 2 is 2.33 bits per heavy atom. The van der Waals surface area contributed by atoms with Crippen LogP contribution in [-0.2, 0) is 0 Å². The predicted molar refractivity (Wildman–Crippen MR) is 49.8 cm³/mol. The summed E-state index contributed by atoms with van der Waals surface area (Å²) >= 11 is 3.36.